The van der Waals surface area contributed by atoms with Gasteiger partial charge in [0.25, 0.3) is 0 Å². The van der Waals surface area contributed by atoms with Crippen molar-refractivity contribution in [3.8, 4) is 0 Å². The van der Waals surface area contributed by atoms with Crippen molar-refractivity contribution in [3.05, 3.63) is 0 Å². The van der Waals surface area contributed by atoms with Gasteiger partial charge in [-0.15, -0.1) is 0 Å². The quantitative estimate of drug-likeness (QED) is 0.305. The van der Waals surface area contributed by atoms with Crippen molar-refractivity contribution < 1.29 is 26.1 Å². The fourth-order valence-corrected chi connectivity index (χ4v) is 6.73. The molecule has 2 nitrogen and oxygen atoms in total. The van der Waals surface area contributed by atoms with E-state index in [0.29, 0.717) is 5.78 Å². The maximum absolute atomic E-state index is 12.2. The van der Waals surface area contributed by atoms with E-state index < -0.39 is 14.5 Å². The van der Waals surface area contributed by atoms with Gasteiger partial charge < -0.3 is 17.3 Å². The summed E-state index contributed by atoms with van der Waals surface area (Å²) in [6, 6.07) is 0. The van der Waals surface area contributed by atoms with Crippen molar-refractivity contribution in [1.29, 1.82) is 0 Å². The summed E-state index contributed by atoms with van der Waals surface area (Å²) in [5.74, 6) is 0.571. The van der Waals surface area contributed by atoms with Crippen molar-refractivity contribution in [1.82, 2.24) is 0 Å². The van der Waals surface area contributed by atoms with Crippen LogP contribution >= 0.6 is 7.29 Å². The third-order valence-corrected chi connectivity index (χ3v) is 8.00. The molecular weight excluding hydrogens is 244 g/mol. The molecule has 2 saturated heterocycles. The van der Waals surface area contributed by atoms with Gasteiger partial charge in [0.2, 0.25) is 0 Å². The number of quaternary nitrogens is 1. The second-order valence-corrected chi connectivity index (χ2v) is 8.13. The average molecular weight is 261 g/mol. The van der Waals surface area contributed by atoms with Gasteiger partial charge in [-0.2, -0.15) is 0 Å². The summed E-state index contributed by atoms with van der Waals surface area (Å²) in [6.07, 6.45) is 4.75. The van der Waals surface area contributed by atoms with E-state index in [4.69, 9.17) is 0 Å². The van der Waals surface area contributed by atoms with E-state index in [9.17, 15) is 21.8 Å². The topological polar surface area (TPSA) is 17.1 Å². The molecular formula is C8H17BF4NOP. The predicted octanol–water partition coefficient (Wildman–Crippen LogP) is 3.55. The molecule has 8 heteroatoms. The van der Waals surface area contributed by atoms with Crippen LogP contribution in [0.25, 0.3) is 0 Å². The number of fused-ring (bicyclic) bond motifs is 1. The van der Waals surface area contributed by atoms with Crippen molar-refractivity contribution in [2.24, 2.45) is 0 Å². The zero-order valence-electron chi connectivity index (χ0n) is 9.50. The van der Waals surface area contributed by atoms with E-state index in [2.05, 4.69) is 14.0 Å². The van der Waals surface area contributed by atoms with Gasteiger partial charge in [0.1, 0.15) is 0 Å². The highest BCUT2D eigenvalue weighted by molar-refractivity contribution is 7.64. The molecule has 0 amide bonds. The van der Waals surface area contributed by atoms with E-state index in [0.717, 1.165) is 10.4 Å². The molecule has 3 unspecified atom stereocenters. The van der Waals surface area contributed by atoms with Crippen LogP contribution in [0.15, 0.2) is 0 Å². The lowest BCUT2D eigenvalue weighted by Crippen LogP contribution is -2.27. The standard InChI is InChI=1S/C8H17NOP.BF4/c1-3-11(10)8-6-4-5-7-9(8,11)2;2-1(3,4)5/h8H,3-7H2,1-2H3;/q+1;-1. The molecule has 2 aliphatic rings. The molecule has 96 valence electrons. The highest BCUT2D eigenvalue weighted by atomic mass is 31.2. The second kappa shape index (κ2) is 4.33. The Hall–Kier alpha value is -0.0251. The van der Waals surface area contributed by atoms with Crippen LogP contribution in [0.3, 0.4) is 0 Å². The molecule has 0 N–H and O–H groups in total. The first-order chi connectivity index (χ1) is 7.15. The number of halogens is 4. The van der Waals surface area contributed by atoms with E-state index in [1.807, 2.05) is 0 Å². The molecule has 2 aliphatic heterocycles. The fourth-order valence-electron chi connectivity index (χ4n) is 2.73. The summed E-state index contributed by atoms with van der Waals surface area (Å²) in [5.41, 5.74) is 0. The molecule has 2 rings (SSSR count). The first-order valence-corrected chi connectivity index (χ1v) is 7.38. The monoisotopic (exact) mass is 261 g/mol. The first-order valence-electron chi connectivity index (χ1n) is 5.47. The molecule has 0 aromatic carbocycles. The van der Waals surface area contributed by atoms with Crippen LogP contribution in [0.5, 0.6) is 0 Å². The summed E-state index contributed by atoms with van der Waals surface area (Å²) in [6.45, 7) is 3.26. The Morgan fingerprint density at radius 2 is 1.81 bits per heavy atom. The lowest BCUT2D eigenvalue weighted by atomic mass is 10.1. The SMILES string of the molecule is CCP1(=O)C2CCCC[N+]21C.F[B-](F)(F)F. The second-order valence-electron chi connectivity index (χ2n) is 4.48. The summed E-state index contributed by atoms with van der Waals surface area (Å²) in [7, 11) is -5.54. The third kappa shape index (κ3) is 2.62. The van der Waals surface area contributed by atoms with Crippen LogP contribution in [0.1, 0.15) is 26.2 Å². The number of nitrogens with zero attached hydrogens (tertiary/aromatic N) is 1. The molecule has 3 atom stereocenters. The molecule has 0 radical (unpaired) electrons. The van der Waals surface area contributed by atoms with Crippen molar-refractivity contribution in [2.45, 2.75) is 32.0 Å². The Morgan fingerprint density at radius 3 is 2.12 bits per heavy atom. The number of rotatable bonds is 1. The Kier molecular flexibility index (Phi) is 3.80. The minimum absolute atomic E-state index is 0.571. The third-order valence-electron chi connectivity index (χ3n) is 3.60. The van der Waals surface area contributed by atoms with E-state index in [-0.39, 0.29) is 0 Å². The Morgan fingerprint density at radius 1 is 1.31 bits per heavy atom. The van der Waals surface area contributed by atoms with Gasteiger partial charge in [-0.05, 0) is 12.8 Å². The molecule has 0 spiro atoms. The summed E-state index contributed by atoms with van der Waals surface area (Å²) < 4.78 is 52.1. The Labute approximate surface area is 93.1 Å². The molecule has 2 heterocycles. The van der Waals surface area contributed by atoms with Gasteiger partial charge in [0.15, 0.2) is 5.78 Å². The van der Waals surface area contributed by atoms with Crippen LogP contribution in [-0.2, 0) is 4.57 Å². The molecule has 0 aromatic rings. The molecule has 2 fully saturated rings. The zero-order valence-corrected chi connectivity index (χ0v) is 10.4. The fraction of sp³-hybridized carbons (Fsp3) is 1.00. The largest absolute Gasteiger partial charge is 0.673 e. The first kappa shape index (κ1) is 14.0. The summed E-state index contributed by atoms with van der Waals surface area (Å²) >= 11 is 0. The van der Waals surface area contributed by atoms with Gasteiger partial charge in [-0.3, -0.25) is 8.82 Å². The van der Waals surface area contributed by atoms with Crippen molar-refractivity contribution in [3.63, 3.8) is 0 Å². The van der Waals surface area contributed by atoms with E-state index >= 15 is 0 Å². The van der Waals surface area contributed by atoms with E-state index in [1.54, 1.807) is 0 Å². The number of hydrogen-bond donors (Lipinski definition) is 0. The highest BCUT2D eigenvalue weighted by Crippen LogP contribution is 2.80. The molecule has 16 heavy (non-hydrogen) atoms. The summed E-state index contributed by atoms with van der Waals surface area (Å²) in [5, 5.41) is 0. The summed E-state index contributed by atoms with van der Waals surface area (Å²) in [4.78, 5) is 0. The van der Waals surface area contributed by atoms with Crippen LogP contribution in [0.2, 0.25) is 0 Å². The highest BCUT2D eigenvalue weighted by Gasteiger charge is 2.73. The Balaban J connectivity index is 0.000000221. The maximum Gasteiger partial charge on any atom is 0.673 e. The normalized spacial score (nSPS) is 41.8. The van der Waals surface area contributed by atoms with Crippen LogP contribution < -0.4 is 0 Å². The maximum atomic E-state index is 12.2. The van der Waals surface area contributed by atoms with Crippen molar-refractivity contribution in [2.75, 3.05) is 19.8 Å². The number of hydrogen-bond acceptors (Lipinski definition) is 1. The number of piperidine rings is 1. The Bertz CT molecular complexity index is 305. The zero-order chi connectivity index (χ0) is 12.6. The average Bonchev–Trinajstić information content (AvgIpc) is 2.63. The van der Waals surface area contributed by atoms with E-state index in [1.165, 1.54) is 25.8 Å². The smallest absolute Gasteiger partial charge is 0.418 e. The van der Waals surface area contributed by atoms with Crippen molar-refractivity contribution >= 4 is 14.5 Å². The predicted molar refractivity (Wildman–Crippen MR) is 57.0 cm³/mol. The van der Waals surface area contributed by atoms with Gasteiger partial charge in [0.05, 0.1) is 19.8 Å². The minimum atomic E-state index is -6.00. The van der Waals surface area contributed by atoms with Crippen LogP contribution in [0, 0.1) is 0 Å². The molecule has 0 aromatic heterocycles. The van der Waals surface area contributed by atoms with Crippen LogP contribution in [-0.4, -0.2) is 37.0 Å². The van der Waals surface area contributed by atoms with Gasteiger partial charge >= 0.3 is 14.5 Å². The lowest BCUT2D eigenvalue weighted by molar-refractivity contribution is -0.739. The molecule has 0 aliphatic carbocycles. The minimum Gasteiger partial charge on any atom is -0.418 e. The van der Waals surface area contributed by atoms with Gasteiger partial charge in [-0.25, -0.2) is 0 Å². The van der Waals surface area contributed by atoms with Crippen LogP contribution in [0.4, 0.5) is 17.3 Å². The van der Waals surface area contributed by atoms with Gasteiger partial charge in [0, 0.05) is 6.42 Å². The molecule has 0 saturated carbocycles. The van der Waals surface area contributed by atoms with Gasteiger partial charge in [-0.1, -0.05) is 6.92 Å². The lowest BCUT2D eigenvalue weighted by Gasteiger charge is -2.17. The molecule has 0 bridgehead atoms.